The first-order valence-electron chi connectivity index (χ1n) is 4.36. The van der Waals surface area contributed by atoms with E-state index in [9.17, 15) is 0 Å². The lowest BCUT2D eigenvalue weighted by molar-refractivity contribution is 0.0291. The summed E-state index contributed by atoms with van der Waals surface area (Å²) in [7, 11) is 0. The number of rotatable bonds is 3. The molecule has 0 aliphatic carbocycles. The Kier molecular flexibility index (Phi) is 3.28. The summed E-state index contributed by atoms with van der Waals surface area (Å²) in [6.45, 7) is 4.30. The van der Waals surface area contributed by atoms with E-state index in [2.05, 4.69) is 13.8 Å². The zero-order valence-electron chi connectivity index (χ0n) is 7.94. The SMILES string of the molecule is CC(C)Cc1ccc(N(O)O)cc1. The Balaban J connectivity index is 2.70. The van der Waals surface area contributed by atoms with Crippen LogP contribution in [0.3, 0.4) is 0 Å². The van der Waals surface area contributed by atoms with Crippen molar-refractivity contribution < 1.29 is 10.4 Å². The van der Waals surface area contributed by atoms with Crippen LogP contribution in [0, 0.1) is 5.92 Å². The fourth-order valence-corrected chi connectivity index (χ4v) is 1.24. The van der Waals surface area contributed by atoms with E-state index in [0.717, 1.165) is 6.42 Å². The molecule has 3 nitrogen and oxygen atoms in total. The van der Waals surface area contributed by atoms with E-state index in [1.165, 1.54) is 5.56 Å². The molecule has 0 amide bonds. The Morgan fingerprint density at radius 3 is 2.08 bits per heavy atom. The fraction of sp³-hybridized carbons (Fsp3) is 0.400. The van der Waals surface area contributed by atoms with E-state index in [1.807, 2.05) is 12.1 Å². The van der Waals surface area contributed by atoms with Crippen molar-refractivity contribution in [1.82, 2.24) is 0 Å². The first-order valence-corrected chi connectivity index (χ1v) is 4.36. The van der Waals surface area contributed by atoms with Gasteiger partial charge >= 0.3 is 0 Å². The number of nitrogens with zero attached hydrogens (tertiary/aromatic N) is 1. The van der Waals surface area contributed by atoms with Crippen molar-refractivity contribution in [3.63, 3.8) is 0 Å². The molecule has 0 heterocycles. The van der Waals surface area contributed by atoms with Crippen LogP contribution in [0.5, 0.6) is 0 Å². The molecule has 3 heteroatoms. The van der Waals surface area contributed by atoms with Gasteiger partial charge in [-0.3, -0.25) is 10.4 Å². The van der Waals surface area contributed by atoms with E-state index >= 15 is 0 Å². The third kappa shape index (κ3) is 3.05. The Morgan fingerprint density at radius 1 is 1.15 bits per heavy atom. The first-order chi connectivity index (χ1) is 6.09. The van der Waals surface area contributed by atoms with Crippen LogP contribution < -0.4 is 5.23 Å². The highest BCUT2D eigenvalue weighted by Gasteiger charge is 2.00. The van der Waals surface area contributed by atoms with Gasteiger partial charge in [0.15, 0.2) is 0 Å². The summed E-state index contributed by atoms with van der Waals surface area (Å²) < 4.78 is 0. The van der Waals surface area contributed by atoms with Gasteiger partial charge in [0.1, 0.15) is 0 Å². The standard InChI is InChI=1S/C10H15NO2/c1-8(2)7-9-3-5-10(6-4-9)11(12)13/h3-6,8,12-13H,7H2,1-2H3. The zero-order chi connectivity index (χ0) is 9.84. The van der Waals surface area contributed by atoms with E-state index in [1.54, 1.807) is 12.1 Å². The van der Waals surface area contributed by atoms with Crippen molar-refractivity contribution in [2.45, 2.75) is 20.3 Å². The summed E-state index contributed by atoms with van der Waals surface area (Å²) in [5.74, 6) is 0.616. The van der Waals surface area contributed by atoms with Gasteiger partial charge in [-0.05, 0) is 30.0 Å². The molecule has 0 bridgehead atoms. The van der Waals surface area contributed by atoms with E-state index in [-0.39, 0.29) is 5.23 Å². The molecule has 0 aliphatic heterocycles. The van der Waals surface area contributed by atoms with Gasteiger partial charge in [0.05, 0.1) is 5.69 Å². The summed E-state index contributed by atoms with van der Waals surface area (Å²) in [4.78, 5) is 0. The van der Waals surface area contributed by atoms with Crippen LogP contribution in [0.25, 0.3) is 0 Å². The number of hydrogen-bond donors (Lipinski definition) is 2. The lowest BCUT2D eigenvalue weighted by Gasteiger charge is -2.09. The Morgan fingerprint density at radius 2 is 1.69 bits per heavy atom. The lowest BCUT2D eigenvalue weighted by atomic mass is 10.0. The highest BCUT2D eigenvalue weighted by Crippen LogP contribution is 2.14. The molecule has 1 aromatic carbocycles. The number of hydrogen-bond acceptors (Lipinski definition) is 3. The molecule has 1 rings (SSSR count). The summed E-state index contributed by atoms with van der Waals surface area (Å²) in [5, 5.41) is 17.5. The second kappa shape index (κ2) is 4.25. The monoisotopic (exact) mass is 181 g/mol. The minimum Gasteiger partial charge on any atom is -0.264 e. The molecule has 0 unspecified atom stereocenters. The minimum absolute atomic E-state index is 0.124. The molecule has 2 N–H and O–H groups in total. The Labute approximate surface area is 78.1 Å². The maximum absolute atomic E-state index is 8.69. The van der Waals surface area contributed by atoms with Crippen molar-refractivity contribution in [3.05, 3.63) is 29.8 Å². The van der Waals surface area contributed by atoms with E-state index < -0.39 is 0 Å². The molecule has 0 spiro atoms. The average molecular weight is 181 g/mol. The van der Waals surface area contributed by atoms with Gasteiger partial charge in [-0.25, -0.2) is 0 Å². The smallest absolute Gasteiger partial charge is 0.0942 e. The molecule has 0 atom stereocenters. The molecule has 0 aliphatic rings. The van der Waals surface area contributed by atoms with Gasteiger partial charge in [-0.1, -0.05) is 26.0 Å². The largest absolute Gasteiger partial charge is 0.264 e. The molecule has 1 aromatic rings. The lowest BCUT2D eigenvalue weighted by Crippen LogP contribution is -2.10. The summed E-state index contributed by atoms with van der Waals surface area (Å²) in [5.41, 5.74) is 1.59. The van der Waals surface area contributed by atoms with Crippen molar-refractivity contribution in [2.24, 2.45) is 5.92 Å². The van der Waals surface area contributed by atoms with Crippen molar-refractivity contribution in [3.8, 4) is 0 Å². The fourth-order valence-electron chi connectivity index (χ4n) is 1.24. The van der Waals surface area contributed by atoms with Crippen LogP contribution in [0.1, 0.15) is 19.4 Å². The molecule has 13 heavy (non-hydrogen) atoms. The van der Waals surface area contributed by atoms with Crippen molar-refractivity contribution in [2.75, 3.05) is 5.23 Å². The summed E-state index contributed by atoms with van der Waals surface area (Å²) >= 11 is 0. The highest BCUT2D eigenvalue weighted by atomic mass is 16.8. The van der Waals surface area contributed by atoms with Gasteiger partial charge in [0.25, 0.3) is 0 Å². The quantitative estimate of drug-likeness (QED) is 0.704. The molecule has 72 valence electrons. The van der Waals surface area contributed by atoms with Crippen LogP contribution in [0.2, 0.25) is 0 Å². The van der Waals surface area contributed by atoms with Gasteiger partial charge in [-0.15, -0.1) is 5.23 Å². The van der Waals surface area contributed by atoms with Crippen molar-refractivity contribution >= 4 is 5.69 Å². The van der Waals surface area contributed by atoms with Gasteiger partial charge in [0, 0.05) is 0 Å². The molecule has 0 radical (unpaired) electrons. The maximum atomic E-state index is 8.69. The molecule has 0 saturated heterocycles. The topological polar surface area (TPSA) is 43.7 Å². The van der Waals surface area contributed by atoms with Crippen LogP contribution in [-0.4, -0.2) is 10.4 Å². The normalized spacial score (nSPS) is 10.5. The zero-order valence-corrected chi connectivity index (χ0v) is 7.94. The van der Waals surface area contributed by atoms with Crippen LogP contribution in [0.15, 0.2) is 24.3 Å². The van der Waals surface area contributed by atoms with Crippen LogP contribution in [-0.2, 0) is 6.42 Å². The molecular formula is C10H15NO2. The van der Waals surface area contributed by atoms with Crippen LogP contribution in [0.4, 0.5) is 5.69 Å². The number of benzene rings is 1. The predicted molar refractivity (Wildman–Crippen MR) is 51.0 cm³/mol. The summed E-state index contributed by atoms with van der Waals surface area (Å²) in [6.07, 6.45) is 1.01. The second-order valence-corrected chi connectivity index (χ2v) is 3.55. The molecule has 0 fully saturated rings. The van der Waals surface area contributed by atoms with Crippen molar-refractivity contribution in [1.29, 1.82) is 0 Å². The molecular weight excluding hydrogens is 166 g/mol. The third-order valence-corrected chi connectivity index (χ3v) is 1.81. The van der Waals surface area contributed by atoms with Crippen LogP contribution >= 0.6 is 0 Å². The van der Waals surface area contributed by atoms with Gasteiger partial charge < -0.3 is 0 Å². The minimum atomic E-state index is 0.124. The Hall–Kier alpha value is -1.06. The molecule has 0 saturated carbocycles. The van der Waals surface area contributed by atoms with Gasteiger partial charge in [0.2, 0.25) is 0 Å². The predicted octanol–water partition coefficient (Wildman–Crippen LogP) is 2.47. The average Bonchev–Trinajstić information content (AvgIpc) is 2.04. The highest BCUT2D eigenvalue weighted by molar-refractivity contribution is 5.42. The Bertz CT molecular complexity index is 254. The van der Waals surface area contributed by atoms with E-state index in [0.29, 0.717) is 11.6 Å². The molecule has 0 aromatic heterocycles. The summed E-state index contributed by atoms with van der Waals surface area (Å²) in [6, 6.07) is 7.15. The van der Waals surface area contributed by atoms with E-state index in [4.69, 9.17) is 10.4 Å². The first kappa shape index (κ1) is 10.0. The second-order valence-electron chi connectivity index (χ2n) is 3.55. The third-order valence-electron chi connectivity index (χ3n) is 1.81. The maximum Gasteiger partial charge on any atom is 0.0942 e. The number of anilines is 1. The van der Waals surface area contributed by atoms with Gasteiger partial charge in [-0.2, -0.15) is 0 Å².